The largest absolute Gasteiger partial charge is 0.512 e. The van der Waals surface area contributed by atoms with Crippen LogP contribution in [-0.4, -0.2) is 26.0 Å². The molecule has 80 heavy (non-hydrogen) atoms. The zero-order valence-electron chi connectivity index (χ0n) is 44.9. The van der Waals surface area contributed by atoms with Crippen LogP contribution in [0, 0.1) is 5.92 Å². The van der Waals surface area contributed by atoms with Crippen LogP contribution in [0.15, 0.2) is 230 Å². The first-order valence-corrected chi connectivity index (χ1v) is 28.0. The van der Waals surface area contributed by atoms with E-state index in [9.17, 15) is 15.3 Å². The summed E-state index contributed by atoms with van der Waals surface area (Å²) in [4.78, 5) is 0. The molecule has 0 spiro atoms. The Bertz CT molecular complexity index is 4370. The van der Waals surface area contributed by atoms with Crippen molar-refractivity contribution >= 4 is 22.9 Å². The molecule has 0 fully saturated rings. The third-order valence-corrected chi connectivity index (χ3v) is 18.5. The van der Waals surface area contributed by atoms with Gasteiger partial charge in [0.05, 0.1) is 16.7 Å². The third-order valence-electron chi connectivity index (χ3n) is 18.5. The van der Waals surface area contributed by atoms with Crippen LogP contribution in [0.25, 0.3) is 56.3 Å². The van der Waals surface area contributed by atoms with Crippen molar-refractivity contribution in [2.45, 2.75) is 61.9 Å². The second kappa shape index (κ2) is 17.4. The first kappa shape index (κ1) is 48.0. The van der Waals surface area contributed by atoms with Gasteiger partial charge >= 0.3 is 0 Å². The first-order valence-electron chi connectivity index (χ1n) is 28.0. The van der Waals surface area contributed by atoms with E-state index in [1.807, 2.05) is 36.4 Å². The van der Waals surface area contributed by atoms with Crippen molar-refractivity contribution in [2.24, 2.45) is 5.92 Å². The van der Waals surface area contributed by atoms with Gasteiger partial charge in [0.25, 0.3) is 0 Å². The maximum Gasteiger partial charge on any atom is 0.132 e. The van der Waals surface area contributed by atoms with Gasteiger partial charge in [-0.15, -0.1) is 0 Å². The zero-order chi connectivity index (χ0) is 54.4. The molecule has 388 valence electrons. The Hall–Kier alpha value is -9.16. The molecule has 3 atom stereocenters. The average Bonchev–Trinajstić information content (AvgIpc) is 2.34. The molecule has 5 heteroatoms. The van der Waals surface area contributed by atoms with Crippen molar-refractivity contribution in [3.05, 3.63) is 296 Å². The summed E-state index contributed by atoms with van der Waals surface area (Å²) in [7, 11) is 0. The number of aliphatic hydroxyl groups excluding tert-OH is 1. The van der Waals surface area contributed by atoms with Crippen LogP contribution in [0.4, 0.5) is 0 Å². The second-order valence-electron chi connectivity index (χ2n) is 23.2. The van der Waals surface area contributed by atoms with Crippen LogP contribution in [0.1, 0.15) is 101 Å². The van der Waals surface area contributed by atoms with Crippen LogP contribution in [0.3, 0.4) is 0 Å². The zero-order valence-corrected chi connectivity index (χ0v) is 44.9. The summed E-state index contributed by atoms with van der Waals surface area (Å²) in [6.45, 7) is 8.42. The summed E-state index contributed by atoms with van der Waals surface area (Å²) < 4.78 is 7.13. The molecule has 15 rings (SSSR count). The number of ether oxygens (including phenoxy) is 1. The first-order chi connectivity index (χ1) is 38.9. The van der Waals surface area contributed by atoms with Gasteiger partial charge in [-0.1, -0.05) is 210 Å². The maximum absolute atomic E-state index is 15.0. The molecule has 5 nitrogen and oxygen atoms in total. The van der Waals surface area contributed by atoms with E-state index in [-0.39, 0.29) is 35.0 Å². The monoisotopic (exact) mass is 1040 g/mol. The molecule has 0 bridgehead atoms. The SMILES string of the molecule is CC(C)c1cc(C2(C3=CC=C(O)C3C3(C4(O)C=c5ccc6c(c5=C4)C(c4ccc(-c5ccccc5)cc4)c4c(ccc5cc(O)c(C(C)C)cc45)O6)c4ccccc4-c4ccccc43)c3ccccc3-c3ccccc32)ccc1O. The molecule has 1 aliphatic heterocycles. The third kappa shape index (κ3) is 6.44. The number of aromatic hydroxyl groups is 2. The van der Waals surface area contributed by atoms with Crippen LogP contribution in [0.5, 0.6) is 23.0 Å². The Morgan fingerprint density at radius 2 is 1.02 bits per heavy atom. The molecule has 3 unspecified atom stereocenters. The molecular formula is C75H58O5. The van der Waals surface area contributed by atoms with Gasteiger partial charge in [-0.3, -0.25) is 0 Å². The molecular weight excluding hydrogens is 981 g/mol. The minimum atomic E-state index is -1.81. The van der Waals surface area contributed by atoms with Crippen molar-refractivity contribution in [2.75, 3.05) is 0 Å². The molecule has 0 aromatic heterocycles. The quantitative estimate of drug-likeness (QED) is 0.122. The molecule has 0 radical (unpaired) electrons. The number of rotatable bonds is 8. The van der Waals surface area contributed by atoms with E-state index in [0.29, 0.717) is 5.75 Å². The summed E-state index contributed by atoms with van der Waals surface area (Å²) in [5.41, 5.74) is 12.7. The number of aliphatic hydroxyl groups is 2. The Kier molecular flexibility index (Phi) is 10.5. The highest BCUT2D eigenvalue weighted by atomic mass is 16.5. The second-order valence-corrected chi connectivity index (χ2v) is 23.2. The number of fused-ring (bicyclic) bond motifs is 12. The van der Waals surface area contributed by atoms with Gasteiger partial charge in [0.15, 0.2) is 0 Å². The number of phenolic OH excluding ortho intramolecular Hbond substituents is 2. The van der Waals surface area contributed by atoms with Crippen LogP contribution >= 0.6 is 0 Å². The summed E-state index contributed by atoms with van der Waals surface area (Å²) >= 11 is 0. The summed E-state index contributed by atoms with van der Waals surface area (Å²) in [6, 6.07) is 71.6. The Balaban J connectivity index is 1.03. The number of hydrogen-bond acceptors (Lipinski definition) is 5. The van der Waals surface area contributed by atoms with E-state index in [2.05, 4.69) is 222 Å². The molecule has 10 aromatic rings. The Labute approximate surface area is 465 Å². The van der Waals surface area contributed by atoms with Gasteiger partial charge < -0.3 is 25.2 Å². The molecule has 10 aromatic carbocycles. The fourth-order valence-corrected chi connectivity index (χ4v) is 15.2. The standard InChI is InChI=1S/C75H58O5/c1-43(2)55-39-50(32-34-64(55)76)74(59-22-12-8-18-51(59)52-19-9-13-23-60(52)74)63-33-35-65(77)72(63)75(61-24-14-10-20-53(61)54-21-11-15-25-62(54)75)73(79)41-49-31-37-68-71(58(49)42-73)69(47-28-26-46(27-29-47)45-16-6-5-7-17-45)70-57-40-56(44(3)4)66(78)38-48(57)30-36-67(70)80-68/h5-44,69,72,76-79H,1-4H3. The van der Waals surface area contributed by atoms with Crippen molar-refractivity contribution in [1.82, 2.24) is 0 Å². The van der Waals surface area contributed by atoms with Crippen molar-refractivity contribution in [3.63, 3.8) is 0 Å². The van der Waals surface area contributed by atoms with Crippen molar-refractivity contribution in [3.8, 4) is 56.4 Å². The molecule has 1 heterocycles. The summed E-state index contributed by atoms with van der Waals surface area (Å²) in [6.07, 6.45) is 8.12. The topological polar surface area (TPSA) is 90.2 Å². The highest BCUT2D eigenvalue weighted by molar-refractivity contribution is 5.94. The fraction of sp³-hybridized carbons (Fsp3) is 0.147. The van der Waals surface area contributed by atoms with Crippen LogP contribution < -0.4 is 15.2 Å². The van der Waals surface area contributed by atoms with Gasteiger partial charge in [0, 0.05) is 17.0 Å². The van der Waals surface area contributed by atoms with E-state index < -0.39 is 22.3 Å². The van der Waals surface area contributed by atoms with Crippen molar-refractivity contribution in [1.29, 1.82) is 0 Å². The molecule has 0 saturated heterocycles. The number of phenols is 2. The lowest BCUT2D eigenvalue weighted by atomic mass is 9.52. The van der Waals surface area contributed by atoms with Crippen LogP contribution in [0.2, 0.25) is 0 Å². The lowest BCUT2D eigenvalue weighted by Gasteiger charge is -2.51. The predicted octanol–water partition coefficient (Wildman–Crippen LogP) is 15.7. The van der Waals surface area contributed by atoms with Gasteiger partial charge in [-0.25, -0.2) is 0 Å². The lowest BCUT2D eigenvalue weighted by molar-refractivity contribution is 0.0714. The Morgan fingerprint density at radius 3 is 1.66 bits per heavy atom. The predicted molar refractivity (Wildman–Crippen MR) is 321 cm³/mol. The molecule has 4 N–H and O–H groups in total. The molecule has 0 amide bonds. The van der Waals surface area contributed by atoms with Gasteiger partial charge in [-0.2, -0.15) is 0 Å². The minimum Gasteiger partial charge on any atom is -0.512 e. The van der Waals surface area contributed by atoms with E-state index in [0.717, 1.165) is 122 Å². The smallest absolute Gasteiger partial charge is 0.132 e. The van der Waals surface area contributed by atoms with Gasteiger partial charge in [0.2, 0.25) is 0 Å². The van der Waals surface area contributed by atoms with E-state index in [1.165, 1.54) is 0 Å². The highest BCUT2D eigenvalue weighted by Crippen LogP contribution is 2.68. The number of benzene rings is 10. The Morgan fingerprint density at radius 1 is 0.475 bits per heavy atom. The maximum atomic E-state index is 15.0. The average molecular weight is 1040 g/mol. The van der Waals surface area contributed by atoms with Gasteiger partial charge in [-0.05, 0) is 165 Å². The fourth-order valence-electron chi connectivity index (χ4n) is 15.2. The molecule has 5 aliphatic rings. The highest BCUT2D eigenvalue weighted by Gasteiger charge is 2.66. The number of hydrogen-bond donors (Lipinski definition) is 4. The van der Waals surface area contributed by atoms with Gasteiger partial charge in [0.1, 0.15) is 34.4 Å². The normalized spacial score (nSPS) is 19.1. The van der Waals surface area contributed by atoms with E-state index in [4.69, 9.17) is 4.74 Å². The van der Waals surface area contributed by atoms with E-state index in [1.54, 1.807) is 0 Å². The summed E-state index contributed by atoms with van der Waals surface area (Å²) in [5, 5.41) is 55.0. The van der Waals surface area contributed by atoms with E-state index >= 15 is 5.11 Å². The van der Waals surface area contributed by atoms with Crippen molar-refractivity contribution < 1.29 is 25.2 Å². The molecule has 0 saturated carbocycles. The summed E-state index contributed by atoms with van der Waals surface area (Å²) in [5.74, 6) is 0.924. The number of allylic oxidation sites excluding steroid dienone is 3. The van der Waals surface area contributed by atoms with Crippen LogP contribution in [-0.2, 0) is 10.8 Å². The molecule has 4 aliphatic carbocycles. The lowest BCUT2D eigenvalue weighted by Crippen LogP contribution is -2.55. The minimum absolute atomic E-state index is 0.00972.